The molecule has 2 heterocycles. The maximum Gasteiger partial charge on any atom is 0.244 e. The van der Waals surface area contributed by atoms with Crippen molar-refractivity contribution < 1.29 is 8.42 Å². The zero-order chi connectivity index (χ0) is 14.6. The van der Waals surface area contributed by atoms with Crippen LogP contribution in [0.4, 0.5) is 5.82 Å². The average molecular weight is 360 g/mol. The van der Waals surface area contributed by atoms with E-state index >= 15 is 0 Å². The van der Waals surface area contributed by atoms with E-state index in [0.29, 0.717) is 16.7 Å². The van der Waals surface area contributed by atoms with Crippen LogP contribution in [0.1, 0.15) is 5.69 Å². The summed E-state index contributed by atoms with van der Waals surface area (Å²) >= 11 is 3.22. The average Bonchev–Trinajstić information content (AvgIpc) is 2.91. The van der Waals surface area contributed by atoms with Crippen LogP contribution in [0.25, 0.3) is 0 Å². The van der Waals surface area contributed by atoms with Crippen LogP contribution < -0.4 is 10.0 Å². The molecule has 0 aliphatic carbocycles. The van der Waals surface area contributed by atoms with E-state index in [2.05, 4.69) is 40.9 Å². The lowest BCUT2D eigenvalue weighted by molar-refractivity contribution is 0.581. The molecule has 108 valence electrons. The number of imidazole rings is 1. The Morgan fingerprint density at radius 2 is 2.20 bits per heavy atom. The number of pyridine rings is 1. The number of sulfonamides is 1. The molecule has 0 atom stereocenters. The van der Waals surface area contributed by atoms with Gasteiger partial charge < -0.3 is 10.3 Å². The summed E-state index contributed by atoms with van der Waals surface area (Å²) < 4.78 is 27.7. The zero-order valence-electron chi connectivity index (χ0n) is 10.7. The summed E-state index contributed by atoms with van der Waals surface area (Å²) in [5.74, 6) is 0.308. The Bertz CT molecular complexity index is 672. The molecule has 2 aromatic heterocycles. The van der Waals surface area contributed by atoms with Gasteiger partial charge >= 0.3 is 0 Å². The Balaban J connectivity index is 2.11. The van der Waals surface area contributed by atoms with Crippen molar-refractivity contribution >= 4 is 31.8 Å². The van der Waals surface area contributed by atoms with Crippen LogP contribution in [0.2, 0.25) is 0 Å². The van der Waals surface area contributed by atoms with Gasteiger partial charge in [-0.1, -0.05) is 0 Å². The van der Waals surface area contributed by atoms with Crippen molar-refractivity contribution in [1.82, 2.24) is 19.7 Å². The second kappa shape index (κ2) is 6.33. The lowest BCUT2D eigenvalue weighted by Crippen LogP contribution is -2.27. The maximum atomic E-state index is 12.3. The lowest BCUT2D eigenvalue weighted by Gasteiger charge is -2.10. The normalized spacial score (nSPS) is 11.5. The number of anilines is 1. The fraction of sp³-hybridized carbons (Fsp3) is 0.273. The van der Waals surface area contributed by atoms with E-state index in [1.54, 1.807) is 19.6 Å². The molecule has 9 heteroatoms. The number of rotatable bonds is 6. The van der Waals surface area contributed by atoms with Gasteiger partial charge in [0.25, 0.3) is 0 Å². The van der Waals surface area contributed by atoms with Crippen LogP contribution in [0.15, 0.2) is 34.2 Å². The molecule has 0 spiro atoms. The summed E-state index contributed by atoms with van der Waals surface area (Å²) in [4.78, 5) is 10.9. The predicted octanol–water partition coefficient (Wildman–Crippen LogP) is 1.13. The third-order valence-electron chi connectivity index (χ3n) is 2.59. The lowest BCUT2D eigenvalue weighted by atomic mass is 10.3. The van der Waals surface area contributed by atoms with E-state index in [9.17, 15) is 8.42 Å². The van der Waals surface area contributed by atoms with Crippen molar-refractivity contribution in [2.75, 3.05) is 18.9 Å². The Labute approximate surface area is 125 Å². The quantitative estimate of drug-likeness (QED) is 0.717. The number of aromatic nitrogens is 3. The van der Waals surface area contributed by atoms with Crippen LogP contribution >= 0.6 is 15.9 Å². The highest BCUT2D eigenvalue weighted by atomic mass is 79.9. The van der Waals surface area contributed by atoms with Crippen molar-refractivity contribution in [3.8, 4) is 0 Å². The molecule has 0 bridgehead atoms. The second-order valence-corrected chi connectivity index (χ2v) is 6.63. The van der Waals surface area contributed by atoms with Gasteiger partial charge in [0, 0.05) is 42.6 Å². The minimum absolute atomic E-state index is 0.110. The summed E-state index contributed by atoms with van der Waals surface area (Å²) in [7, 11) is -1.99. The van der Waals surface area contributed by atoms with Gasteiger partial charge in [0.1, 0.15) is 10.7 Å². The molecule has 0 saturated heterocycles. The monoisotopic (exact) mass is 359 g/mol. The summed E-state index contributed by atoms with van der Waals surface area (Å²) in [6.07, 6.45) is 5.29. The van der Waals surface area contributed by atoms with Gasteiger partial charge in [-0.05, 0) is 22.0 Å². The number of nitrogens with one attached hydrogen (secondary N) is 3. The largest absolute Gasteiger partial charge is 0.372 e. The van der Waals surface area contributed by atoms with E-state index in [0.717, 1.165) is 5.69 Å². The molecule has 0 unspecified atom stereocenters. The van der Waals surface area contributed by atoms with E-state index in [-0.39, 0.29) is 11.4 Å². The molecule has 2 aromatic rings. The van der Waals surface area contributed by atoms with Crippen molar-refractivity contribution in [3.05, 3.63) is 35.0 Å². The molecule has 20 heavy (non-hydrogen) atoms. The summed E-state index contributed by atoms with van der Waals surface area (Å²) in [6.45, 7) is 0.278. The van der Waals surface area contributed by atoms with Crippen LogP contribution in [0.5, 0.6) is 0 Å². The highest BCUT2D eigenvalue weighted by molar-refractivity contribution is 9.10. The molecular formula is C11H14BrN5O2S. The Morgan fingerprint density at radius 1 is 1.40 bits per heavy atom. The van der Waals surface area contributed by atoms with Gasteiger partial charge in [0.15, 0.2) is 0 Å². The highest BCUT2D eigenvalue weighted by Crippen LogP contribution is 2.22. The first kappa shape index (κ1) is 14.9. The van der Waals surface area contributed by atoms with Gasteiger partial charge in [0.2, 0.25) is 10.0 Å². The Kier molecular flexibility index (Phi) is 4.73. The fourth-order valence-electron chi connectivity index (χ4n) is 1.63. The number of aromatic amines is 1. The molecule has 7 nitrogen and oxygen atoms in total. The first-order valence-electron chi connectivity index (χ1n) is 5.83. The summed E-state index contributed by atoms with van der Waals surface area (Å²) in [5.41, 5.74) is 0.869. The van der Waals surface area contributed by atoms with E-state index in [1.807, 2.05) is 0 Å². The number of nitrogens with zero attached hydrogens (tertiary/aromatic N) is 2. The first-order valence-corrected chi connectivity index (χ1v) is 8.11. The first-order chi connectivity index (χ1) is 9.53. The van der Waals surface area contributed by atoms with E-state index in [1.165, 1.54) is 12.3 Å². The topological polar surface area (TPSA) is 99.8 Å². The third kappa shape index (κ3) is 3.56. The molecule has 0 radical (unpaired) electrons. The fourth-order valence-corrected chi connectivity index (χ4v) is 3.33. The van der Waals surface area contributed by atoms with Gasteiger partial charge in [-0.3, -0.25) is 0 Å². The summed E-state index contributed by atoms with van der Waals surface area (Å²) in [5, 5.41) is 2.77. The zero-order valence-corrected chi connectivity index (χ0v) is 13.1. The maximum absolute atomic E-state index is 12.3. The highest BCUT2D eigenvalue weighted by Gasteiger charge is 2.19. The molecule has 0 aliphatic heterocycles. The minimum atomic E-state index is -3.62. The molecular weight excluding hydrogens is 346 g/mol. The number of hydrogen-bond donors (Lipinski definition) is 3. The Morgan fingerprint density at radius 3 is 2.85 bits per heavy atom. The van der Waals surface area contributed by atoms with Crippen molar-refractivity contribution in [1.29, 1.82) is 0 Å². The number of H-pyrrole nitrogens is 1. The predicted molar refractivity (Wildman–Crippen MR) is 79.0 cm³/mol. The minimum Gasteiger partial charge on any atom is -0.372 e. The van der Waals surface area contributed by atoms with Gasteiger partial charge in [0.05, 0.1) is 6.33 Å². The smallest absolute Gasteiger partial charge is 0.244 e. The Hall–Kier alpha value is -1.45. The molecule has 0 aliphatic rings. The standard InChI is InChI=1S/C11H14BrN5O2S/c1-13-11-10(4-8(12)5-15-11)20(18,19)17-3-2-9-6-14-7-16-9/h4-7,17H,2-3H2,1H3,(H,13,15)(H,14,16). The van der Waals surface area contributed by atoms with E-state index < -0.39 is 10.0 Å². The molecule has 0 amide bonds. The molecule has 0 saturated carbocycles. The SMILES string of the molecule is CNc1ncc(Br)cc1S(=O)(=O)NCCc1cnc[nH]1. The second-order valence-electron chi connectivity index (χ2n) is 3.97. The van der Waals surface area contributed by atoms with Gasteiger partial charge in [-0.2, -0.15) is 0 Å². The summed E-state index contributed by atoms with van der Waals surface area (Å²) in [6, 6.07) is 1.51. The molecule has 3 N–H and O–H groups in total. The van der Waals surface area contributed by atoms with Crippen molar-refractivity contribution in [2.45, 2.75) is 11.3 Å². The van der Waals surface area contributed by atoms with Crippen LogP contribution in [-0.2, 0) is 16.4 Å². The third-order valence-corrected chi connectivity index (χ3v) is 4.50. The van der Waals surface area contributed by atoms with Crippen molar-refractivity contribution in [2.24, 2.45) is 0 Å². The van der Waals surface area contributed by atoms with E-state index in [4.69, 9.17) is 0 Å². The number of halogens is 1. The van der Waals surface area contributed by atoms with Gasteiger partial charge in [-0.25, -0.2) is 23.1 Å². The van der Waals surface area contributed by atoms with Crippen LogP contribution in [0, 0.1) is 0 Å². The van der Waals surface area contributed by atoms with Crippen LogP contribution in [0.3, 0.4) is 0 Å². The molecule has 0 fully saturated rings. The molecule has 0 aromatic carbocycles. The van der Waals surface area contributed by atoms with Gasteiger partial charge in [-0.15, -0.1) is 0 Å². The number of hydrogen-bond acceptors (Lipinski definition) is 5. The van der Waals surface area contributed by atoms with Crippen molar-refractivity contribution in [3.63, 3.8) is 0 Å². The van der Waals surface area contributed by atoms with Crippen LogP contribution in [-0.4, -0.2) is 37.0 Å². The molecule has 2 rings (SSSR count).